The number of hydrogen-bond acceptors (Lipinski definition) is 6. The molecule has 2 heterocycles. The highest BCUT2D eigenvalue weighted by Gasteiger charge is 2.30. The van der Waals surface area contributed by atoms with Gasteiger partial charge in [-0.05, 0) is 30.9 Å². The first-order valence-corrected chi connectivity index (χ1v) is 8.08. The summed E-state index contributed by atoms with van der Waals surface area (Å²) in [5.74, 6) is -0.726. The van der Waals surface area contributed by atoms with Gasteiger partial charge in [-0.25, -0.2) is 8.42 Å². The number of nitrogens with zero attached hydrogens (tertiary/aromatic N) is 4. The second kappa shape index (κ2) is 5.43. The molecule has 0 bridgehead atoms. The van der Waals surface area contributed by atoms with Crippen LogP contribution in [0.15, 0.2) is 11.1 Å². The van der Waals surface area contributed by atoms with Crippen molar-refractivity contribution >= 4 is 25.6 Å². The van der Waals surface area contributed by atoms with E-state index in [9.17, 15) is 18.5 Å². The standard InChI is InChI=1S/C9H13ClN4O4S/c10-19(17,18)8-7-13(11-9(8)14(15)16)6-5-12-3-1-2-4-12/h7H,1-6H2. The predicted molar refractivity (Wildman–Crippen MR) is 67.6 cm³/mol. The average molecular weight is 309 g/mol. The van der Waals surface area contributed by atoms with Crippen molar-refractivity contribution in [3.8, 4) is 0 Å². The topological polar surface area (TPSA) is 98.3 Å². The van der Waals surface area contributed by atoms with Gasteiger partial charge in [0, 0.05) is 17.2 Å². The summed E-state index contributed by atoms with van der Waals surface area (Å²) in [5.41, 5.74) is 0. The van der Waals surface area contributed by atoms with Crippen molar-refractivity contribution in [1.29, 1.82) is 0 Å². The Hall–Kier alpha value is -1.19. The van der Waals surface area contributed by atoms with Crippen LogP contribution in [0.1, 0.15) is 12.8 Å². The molecule has 1 saturated heterocycles. The lowest BCUT2D eigenvalue weighted by Crippen LogP contribution is -2.24. The zero-order chi connectivity index (χ0) is 14.0. The van der Waals surface area contributed by atoms with Crippen LogP contribution in [-0.2, 0) is 15.6 Å². The third-order valence-corrected chi connectivity index (χ3v) is 4.30. The van der Waals surface area contributed by atoms with Crippen molar-refractivity contribution in [3.63, 3.8) is 0 Å². The maximum atomic E-state index is 11.2. The summed E-state index contributed by atoms with van der Waals surface area (Å²) in [5, 5.41) is 14.4. The molecule has 0 aliphatic carbocycles. The molecule has 10 heteroatoms. The number of aromatic nitrogens is 2. The molecule has 0 amide bonds. The Morgan fingerprint density at radius 1 is 1.37 bits per heavy atom. The average Bonchev–Trinajstić information content (AvgIpc) is 2.94. The van der Waals surface area contributed by atoms with Crippen LogP contribution in [0, 0.1) is 10.1 Å². The molecule has 19 heavy (non-hydrogen) atoms. The Morgan fingerprint density at radius 2 is 2.00 bits per heavy atom. The Morgan fingerprint density at radius 3 is 2.47 bits per heavy atom. The van der Waals surface area contributed by atoms with E-state index >= 15 is 0 Å². The van der Waals surface area contributed by atoms with Gasteiger partial charge in [0.15, 0.2) is 0 Å². The number of nitro groups is 1. The van der Waals surface area contributed by atoms with Gasteiger partial charge < -0.3 is 15.0 Å². The number of likely N-dealkylation sites (tertiary alicyclic amines) is 1. The van der Waals surface area contributed by atoms with E-state index in [0.717, 1.165) is 32.1 Å². The number of halogens is 1. The fourth-order valence-corrected chi connectivity index (χ4v) is 2.96. The fourth-order valence-electron chi connectivity index (χ4n) is 2.06. The van der Waals surface area contributed by atoms with Crippen LogP contribution in [0.25, 0.3) is 0 Å². The van der Waals surface area contributed by atoms with E-state index in [0.29, 0.717) is 13.1 Å². The first-order valence-electron chi connectivity index (χ1n) is 5.77. The van der Waals surface area contributed by atoms with Gasteiger partial charge in [0.2, 0.25) is 4.90 Å². The van der Waals surface area contributed by atoms with E-state index in [1.165, 1.54) is 4.68 Å². The van der Waals surface area contributed by atoms with Crippen LogP contribution in [0.3, 0.4) is 0 Å². The van der Waals surface area contributed by atoms with E-state index < -0.39 is 24.7 Å². The minimum Gasteiger partial charge on any atom is -0.358 e. The second-order valence-corrected chi connectivity index (χ2v) is 6.86. The quantitative estimate of drug-likeness (QED) is 0.453. The van der Waals surface area contributed by atoms with E-state index in [2.05, 4.69) is 10.00 Å². The summed E-state index contributed by atoms with van der Waals surface area (Å²) >= 11 is 0. The van der Waals surface area contributed by atoms with Crippen LogP contribution >= 0.6 is 10.7 Å². The van der Waals surface area contributed by atoms with Gasteiger partial charge in [-0.15, -0.1) is 0 Å². The van der Waals surface area contributed by atoms with Crippen molar-refractivity contribution in [2.75, 3.05) is 19.6 Å². The smallest absolute Gasteiger partial charge is 0.358 e. The van der Waals surface area contributed by atoms with Crippen LogP contribution in [0.5, 0.6) is 0 Å². The number of hydrogen-bond donors (Lipinski definition) is 0. The van der Waals surface area contributed by atoms with Crippen molar-refractivity contribution < 1.29 is 13.3 Å². The Bertz CT molecular complexity index is 579. The molecule has 1 aliphatic heterocycles. The molecule has 8 nitrogen and oxygen atoms in total. The molecule has 1 aliphatic rings. The Kier molecular flexibility index (Phi) is 4.07. The van der Waals surface area contributed by atoms with Crippen molar-refractivity contribution in [2.45, 2.75) is 24.3 Å². The fraction of sp³-hybridized carbons (Fsp3) is 0.667. The highest BCUT2D eigenvalue weighted by Crippen LogP contribution is 2.24. The second-order valence-electron chi connectivity index (χ2n) is 4.32. The van der Waals surface area contributed by atoms with Crippen LogP contribution < -0.4 is 0 Å². The molecule has 1 aromatic heterocycles. The van der Waals surface area contributed by atoms with Gasteiger partial charge in [-0.1, -0.05) is 0 Å². The van der Waals surface area contributed by atoms with Gasteiger partial charge in [-0.3, -0.25) is 0 Å². The first-order chi connectivity index (χ1) is 8.88. The van der Waals surface area contributed by atoms with Crippen molar-refractivity contribution in [1.82, 2.24) is 14.7 Å². The minimum absolute atomic E-state index is 0.396. The summed E-state index contributed by atoms with van der Waals surface area (Å²) in [6, 6.07) is 0. The zero-order valence-corrected chi connectivity index (χ0v) is 11.6. The summed E-state index contributed by atoms with van der Waals surface area (Å²) in [6.07, 6.45) is 3.39. The third kappa shape index (κ3) is 3.43. The summed E-state index contributed by atoms with van der Waals surface area (Å²) in [7, 11) is 0.991. The van der Waals surface area contributed by atoms with Gasteiger partial charge in [0.25, 0.3) is 9.05 Å². The largest absolute Gasteiger partial charge is 0.410 e. The molecule has 0 N–H and O–H groups in total. The van der Waals surface area contributed by atoms with Crippen LogP contribution in [0.2, 0.25) is 0 Å². The lowest BCUT2D eigenvalue weighted by Gasteiger charge is -2.12. The van der Waals surface area contributed by atoms with Crippen molar-refractivity contribution in [2.24, 2.45) is 0 Å². The molecule has 2 rings (SSSR count). The molecule has 0 atom stereocenters. The van der Waals surface area contributed by atoms with E-state index in [4.69, 9.17) is 10.7 Å². The molecule has 0 aromatic carbocycles. The molecule has 0 radical (unpaired) electrons. The van der Waals surface area contributed by atoms with E-state index in [1.807, 2.05) is 0 Å². The molecular formula is C9H13ClN4O4S. The normalized spacial score (nSPS) is 16.9. The van der Waals surface area contributed by atoms with Gasteiger partial charge in [0.1, 0.15) is 0 Å². The molecule has 0 saturated carbocycles. The maximum absolute atomic E-state index is 11.2. The van der Waals surface area contributed by atoms with E-state index in [-0.39, 0.29) is 0 Å². The monoisotopic (exact) mass is 308 g/mol. The molecule has 0 unspecified atom stereocenters. The van der Waals surface area contributed by atoms with Crippen LogP contribution in [-0.4, -0.2) is 47.7 Å². The van der Waals surface area contributed by atoms with Gasteiger partial charge in [0.05, 0.1) is 17.8 Å². The Balaban J connectivity index is 2.15. The summed E-state index contributed by atoms with van der Waals surface area (Å²) in [4.78, 5) is 11.5. The van der Waals surface area contributed by atoms with E-state index in [1.54, 1.807) is 0 Å². The maximum Gasteiger partial charge on any atom is 0.410 e. The first kappa shape index (κ1) is 14.2. The molecular weight excluding hydrogens is 296 g/mol. The predicted octanol–water partition coefficient (Wildman–Crippen LogP) is 0.815. The van der Waals surface area contributed by atoms with Crippen LogP contribution in [0.4, 0.5) is 5.82 Å². The van der Waals surface area contributed by atoms with Crippen molar-refractivity contribution in [3.05, 3.63) is 16.3 Å². The number of rotatable bonds is 5. The molecule has 0 spiro atoms. The van der Waals surface area contributed by atoms with Gasteiger partial charge in [-0.2, -0.15) is 4.68 Å². The third-order valence-electron chi connectivity index (χ3n) is 2.99. The SMILES string of the molecule is O=[N+]([O-])c1nn(CCN2CCCC2)cc1S(=O)(=O)Cl. The lowest BCUT2D eigenvalue weighted by molar-refractivity contribution is -0.392. The molecule has 106 valence electrons. The highest BCUT2D eigenvalue weighted by molar-refractivity contribution is 8.13. The lowest BCUT2D eigenvalue weighted by atomic mass is 10.4. The molecule has 1 aromatic rings. The highest BCUT2D eigenvalue weighted by atomic mass is 35.7. The summed E-state index contributed by atoms with van der Waals surface area (Å²) < 4.78 is 23.7. The zero-order valence-electron chi connectivity index (χ0n) is 10.0. The Labute approximate surface area is 114 Å². The van der Waals surface area contributed by atoms with Gasteiger partial charge >= 0.3 is 5.82 Å². The summed E-state index contributed by atoms with van der Waals surface area (Å²) in [6.45, 7) is 3.06. The minimum atomic E-state index is -4.16. The molecule has 1 fully saturated rings.